The lowest BCUT2D eigenvalue weighted by molar-refractivity contribution is 0.340. The van der Waals surface area contributed by atoms with E-state index in [1.807, 2.05) is 73.1 Å². The summed E-state index contributed by atoms with van der Waals surface area (Å²) in [5.74, 6) is 1.46. The first-order valence-corrected chi connectivity index (χ1v) is 7.49. The van der Waals surface area contributed by atoms with Gasteiger partial charge in [-0.2, -0.15) is 5.26 Å². The zero-order valence-electron chi connectivity index (χ0n) is 13.2. The molecule has 0 spiro atoms. The predicted octanol–water partition coefficient (Wildman–Crippen LogP) is 4.04. The van der Waals surface area contributed by atoms with E-state index in [1.165, 1.54) is 0 Å². The molecule has 3 rings (SSSR count). The maximum atomic E-state index is 9.56. The largest absolute Gasteiger partial charge is 0.494 e. The summed E-state index contributed by atoms with van der Waals surface area (Å²) in [6.07, 6.45) is 1.84. The van der Waals surface area contributed by atoms with Crippen molar-refractivity contribution in [2.75, 3.05) is 6.61 Å². The molecule has 0 amide bonds. The van der Waals surface area contributed by atoms with Gasteiger partial charge in [-0.15, -0.1) is 0 Å². The van der Waals surface area contributed by atoms with Crippen molar-refractivity contribution < 1.29 is 4.74 Å². The molecule has 0 aliphatic heterocycles. The number of aryl methyl sites for hydroxylation is 1. The van der Waals surface area contributed by atoms with Crippen molar-refractivity contribution in [2.24, 2.45) is 7.05 Å². The van der Waals surface area contributed by atoms with Gasteiger partial charge >= 0.3 is 0 Å². The van der Waals surface area contributed by atoms with Crippen LogP contribution < -0.4 is 4.74 Å². The van der Waals surface area contributed by atoms with Gasteiger partial charge in [0.15, 0.2) is 5.82 Å². The lowest BCUT2D eigenvalue weighted by atomic mass is 10.1. The number of para-hydroxylation sites is 2. The van der Waals surface area contributed by atoms with Crippen LogP contribution in [0.2, 0.25) is 0 Å². The van der Waals surface area contributed by atoms with Crippen molar-refractivity contribution in [1.82, 2.24) is 9.55 Å². The van der Waals surface area contributed by atoms with E-state index in [1.54, 1.807) is 0 Å². The molecule has 4 nitrogen and oxygen atoms in total. The van der Waals surface area contributed by atoms with E-state index in [2.05, 4.69) is 11.1 Å². The number of rotatable bonds is 4. The molecule has 0 N–H and O–H groups in total. The van der Waals surface area contributed by atoms with Crippen LogP contribution in [-0.2, 0) is 7.05 Å². The van der Waals surface area contributed by atoms with Crippen molar-refractivity contribution in [3.8, 4) is 11.8 Å². The molecule has 0 fully saturated rings. The Labute approximate surface area is 135 Å². The molecule has 114 valence electrons. The molecular formula is C19H17N3O. The Balaban J connectivity index is 2.06. The van der Waals surface area contributed by atoms with Crippen LogP contribution in [0.3, 0.4) is 0 Å². The third kappa shape index (κ3) is 2.95. The fourth-order valence-corrected chi connectivity index (χ4v) is 2.56. The van der Waals surface area contributed by atoms with Gasteiger partial charge in [0.05, 0.1) is 23.2 Å². The third-order valence-electron chi connectivity index (χ3n) is 3.63. The highest BCUT2D eigenvalue weighted by atomic mass is 16.5. The van der Waals surface area contributed by atoms with Gasteiger partial charge in [-0.05, 0) is 42.8 Å². The number of nitrogens with zero attached hydrogens (tertiary/aromatic N) is 3. The Morgan fingerprint density at radius 2 is 2.09 bits per heavy atom. The Morgan fingerprint density at radius 3 is 2.83 bits per heavy atom. The van der Waals surface area contributed by atoms with Crippen LogP contribution >= 0.6 is 0 Å². The first-order valence-electron chi connectivity index (χ1n) is 7.49. The number of imidazole rings is 1. The van der Waals surface area contributed by atoms with Gasteiger partial charge in [-0.25, -0.2) is 4.98 Å². The molecule has 3 aromatic rings. The van der Waals surface area contributed by atoms with E-state index < -0.39 is 0 Å². The lowest BCUT2D eigenvalue weighted by Gasteiger charge is -2.04. The summed E-state index contributed by atoms with van der Waals surface area (Å²) in [4.78, 5) is 4.58. The van der Waals surface area contributed by atoms with Crippen LogP contribution in [0, 0.1) is 11.3 Å². The lowest BCUT2D eigenvalue weighted by Crippen LogP contribution is -1.96. The van der Waals surface area contributed by atoms with Crippen molar-refractivity contribution in [3.63, 3.8) is 0 Å². The highest BCUT2D eigenvalue weighted by Crippen LogP contribution is 2.23. The van der Waals surface area contributed by atoms with Gasteiger partial charge in [0.1, 0.15) is 11.8 Å². The highest BCUT2D eigenvalue weighted by Gasteiger charge is 2.11. The standard InChI is InChI=1S/C19H17N3O/c1-3-23-16-8-6-7-14(12-16)11-15(13-20)19-21-17-9-4-5-10-18(17)22(19)2/h4-12H,3H2,1-2H3/b15-11-. The molecule has 1 aromatic heterocycles. The van der Waals surface area contributed by atoms with Crippen LogP contribution in [0.1, 0.15) is 18.3 Å². The number of ether oxygens (including phenoxy) is 1. The summed E-state index contributed by atoms with van der Waals surface area (Å²) >= 11 is 0. The summed E-state index contributed by atoms with van der Waals surface area (Å²) in [6, 6.07) is 17.8. The normalized spacial score (nSPS) is 11.4. The van der Waals surface area contributed by atoms with Crippen LogP contribution in [0.5, 0.6) is 5.75 Å². The van der Waals surface area contributed by atoms with E-state index in [0.717, 1.165) is 22.3 Å². The van der Waals surface area contributed by atoms with E-state index in [-0.39, 0.29) is 0 Å². The van der Waals surface area contributed by atoms with Gasteiger partial charge in [-0.1, -0.05) is 24.3 Å². The van der Waals surface area contributed by atoms with Crippen molar-refractivity contribution >= 4 is 22.7 Å². The summed E-state index contributed by atoms with van der Waals surface area (Å²) in [5.41, 5.74) is 3.33. The summed E-state index contributed by atoms with van der Waals surface area (Å²) in [6.45, 7) is 2.56. The zero-order valence-corrected chi connectivity index (χ0v) is 13.2. The van der Waals surface area contributed by atoms with Crippen LogP contribution in [0.4, 0.5) is 0 Å². The summed E-state index contributed by atoms with van der Waals surface area (Å²) in [7, 11) is 1.92. The molecule has 0 aliphatic rings. The minimum atomic E-state index is 0.525. The minimum absolute atomic E-state index is 0.525. The second kappa shape index (κ2) is 6.37. The molecule has 0 unspecified atom stereocenters. The molecule has 23 heavy (non-hydrogen) atoms. The number of benzene rings is 2. The molecule has 0 aliphatic carbocycles. The number of allylic oxidation sites excluding steroid dienone is 1. The Kier molecular flexibility index (Phi) is 4.11. The molecule has 0 saturated heterocycles. The van der Waals surface area contributed by atoms with E-state index in [4.69, 9.17) is 4.74 Å². The first-order chi connectivity index (χ1) is 11.2. The SMILES string of the molecule is CCOc1cccc(/C=C(/C#N)c2nc3ccccc3n2C)c1. The average molecular weight is 303 g/mol. The Morgan fingerprint density at radius 1 is 1.26 bits per heavy atom. The molecule has 4 heteroatoms. The fourth-order valence-electron chi connectivity index (χ4n) is 2.56. The van der Waals surface area contributed by atoms with E-state index in [9.17, 15) is 5.26 Å². The van der Waals surface area contributed by atoms with Gasteiger partial charge < -0.3 is 9.30 Å². The molecule has 0 radical (unpaired) electrons. The second-order valence-corrected chi connectivity index (χ2v) is 5.16. The number of aromatic nitrogens is 2. The highest BCUT2D eigenvalue weighted by molar-refractivity contribution is 5.90. The van der Waals surface area contributed by atoms with Crippen LogP contribution in [0.15, 0.2) is 48.5 Å². The molecule has 0 atom stereocenters. The smallest absolute Gasteiger partial charge is 0.151 e. The Hall–Kier alpha value is -3.06. The van der Waals surface area contributed by atoms with Gasteiger partial charge in [0, 0.05) is 7.05 Å². The molecule has 0 saturated carbocycles. The number of hydrogen-bond donors (Lipinski definition) is 0. The van der Waals surface area contributed by atoms with Crippen molar-refractivity contribution in [3.05, 3.63) is 59.9 Å². The number of hydrogen-bond acceptors (Lipinski definition) is 3. The minimum Gasteiger partial charge on any atom is -0.494 e. The third-order valence-corrected chi connectivity index (χ3v) is 3.63. The van der Waals surface area contributed by atoms with Crippen molar-refractivity contribution in [2.45, 2.75) is 6.92 Å². The van der Waals surface area contributed by atoms with Gasteiger partial charge in [0.25, 0.3) is 0 Å². The predicted molar refractivity (Wildman–Crippen MR) is 91.8 cm³/mol. The zero-order chi connectivity index (χ0) is 16.2. The Bertz CT molecular complexity index is 916. The molecule has 0 bridgehead atoms. The van der Waals surface area contributed by atoms with Crippen molar-refractivity contribution in [1.29, 1.82) is 5.26 Å². The maximum Gasteiger partial charge on any atom is 0.151 e. The summed E-state index contributed by atoms with van der Waals surface area (Å²) in [5, 5.41) is 9.56. The van der Waals surface area contributed by atoms with E-state index >= 15 is 0 Å². The fraction of sp³-hybridized carbons (Fsp3) is 0.158. The molecular weight excluding hydrogens is 286 g/mol. The topological polar surface area (TPSA) is 50.8 Å². The monoisotopic (exact) mass is 303 g/mol. The van der Waals surface area contributed by atoms with Crippen LogP contribution in [0.25, 0.3) is 22.7 Å². The number of nitriles is 1. The van der Waals surface area contributed by atoms with Gasteiger partial charge in [0.2, 0.25) is 0 Å². The molecule has 1 heterocycles. The second-order valence-electron chi connectivity index (χ2n) is 5.16. The van der Waals surface area contributed by atoms with Gasteiger partial charge in [-0.3, -0.25) is 0 Å². The molecule has 2 aromatic carbocycles. The van der Waals surface area contributed by atoms with E-state index in [0.29, 0.717) is 18.0 Å². The average Bonchev–Trinajstić information content (AvgIpc) is 2.91. The number of fused-ring (bicyclic) bond motifs is 1. The quantitative estimate of drug-likeness (QED) is 0.684. The maximum absolute atomic E-state index is 9.56. The first kappa shape index (κ1) is 14.9. The van der Waals surface area contributed by atoms with Crippen LogP contribution in [-0.4, -0.2) is 16.2 Å². The summed E-state index contributed by atoms with van der Waals surface area (Å²) < 4.78 is 7.45.